The van der Waals surface area contributed by atoms with E-state index in [4.69, 9.17) is 0 Å². The average molecular weight is 244 g/mol. The van der Waals surface area contributed by atoms with Crippen LogP contribution in [0.4, 0.5) is 0 Å². The molecule has 0 aromatic carbocycles. The van der Waals surface area contributed by atoms with E-state index in [-0.39, 0.29) is 0 Å². The van der Waals surface area contributed by atoms with Gasteiger partial charge in [0.05, 0.1) is 0 Å². The van der Waals surface area contributed by atoms with Crippen LogP contribution in [-0.4, -0.2) is 47.7 Å². The minimum Gasteiger partial charge on any atom is -0.480 e. The van der Waals surface area contributed by atoms with Crippen LogP contribution in [0.3, 0.4) is 0 Å². The van der Waals surface area contributed by atoms with E-state index in [2.05, 4.69) is 31.0 Å². The van der Waals surface area contributed by atoms with Gasteiger partial charge in [-0.25, -0.2) is 0 Å². The quantitative estimate of drug-likeness (QED) is 0.683. The zero-order chi connectivity index (χ0) is 13.6. The van der Waals surface area contributed by atoms with Crippen molar-refractivity contribution in [3.63, 3.8) is 0 Å². The van der Waals surface area contributed by atoms with Gasteiger partial charge in [-0.1, -0.05) is 20.8 Å². The molecule has 2 N–H and O–H groups in total. The van der Waals surface area contributed by atoms with Crippen LogP contribution in [0.2, 0.25) is 0 Å². The van der Waals surface area contributed by atoms with Gasteiger partial charge in [-0.15, -0.1) is 0 Å². The molecule has 0 bridgehead atoms. The third-order valence-electron chi connectivity index (χ3n) is 3.46. The lowest BCUT2D eigenvalue weighted by Crippen LogP contribution is -2.58. The molecule has 0 fully saturated rings. The molecule has 0 aliphatic carbocycles. The number of carboxylic acid groups (broad SMARTS) is 1. The maximum Gasteiger partial charge on any atom is 0.324 e. The molecule has 0 aliphatic heterocycles. The maximum atomic E-state index is 11.4. The van der Waals surface area contributed by atoms with Crippen molar-refractivity contribution >= 4 is 5.97 Å². The number of likely N-dealkylation sites (N-methyl/N-ethyl adjacent to an activating group) is 1. The van der Waals surface area contributed by atoms with E-state index in [1.807, 2.05) is 14.0 Å². The van der Waals surface area contributed by atoms with E-state index in [1.54, 1.807) is 6.92 Å². The molecule has 0 aliphatic rings. The van der Waals surface area contributed by atoms with Crippen molar-refractivity contribution in [3.05, 3.63) is 0 Å². The number of hydrogen-bond acceptors (Lipinski definition) is 3. The molecule has 0 aromatic rings. The molecule has 2 atom stereocenters. The smallest absolute Gasteiger partial charge is 0.324 e. The first-order chi connectivity index (χ1) is 7.74. The predicted molar refractivity (Wildman–Crippen MR) is 71.3 cm³/mol. The van der Waals surface area contributed by atoms with E-state index in [0.29, 0.717) is 18.5 Å². The van der Waals surface area contributed by atoms with E-state index in [9.17, 15) is 9.90 Å². The molecule has 0 amide bonds. The molecule has 0 aromatic heterocycles. The lowest BCUT2D eigenvalue weighted by Gasteiger charge is -2.35. The summed E-state index contributed by atoms with van der Waals surface area (Å²) in [6.45, 7) is 11.5. The monoisotopic (exact) mass is 244 g/mol. The molecule has 0 rings (SSSR count). The predicted octanol–water partition coefficient (Wildman–Crippen LogP) is 1.81. The largest absolute Gasteiger partial charge is 0.480 e. The summed E-state index contributed by atoms with van der Waals surface area (Å²) in [5, 5.41) is 12.5. The average Bonchev–Trinajstić information content (AvgIpc) is 2.24. The lowest BCUT2D eigenvalue weighted by atomic mass is 9.98. The van der Waals surface area contributed by atoms with Gasteiger partial charge in [0.15, 0.2) is 0 Å². The Hall–Kier alpha value is -0.610. The van der Waals surface area contributed by atoms with Gasteiger partial charge < -0.3 is 15.3 Å². The summed E-state index contributed by atoms with van der Waals surface area (Å²) in [6.07, 6.45) is 0.937. The molecule has 4 nitrogen and oxygen atoms in total. The molecule has 0 saturated heterocycles. The van der Waals surface area contributed by atoms with E-state index >= 15 is 0 Å². The van der Waals surface area contributed by atoms with Crippen LogP contribution in [0, 0.1) is 5.92 Å². The number of hydrogen-bond donors (Lipinski definition) is 2. The third-order valence-corrected chi connectivity index (χ3v) is 3.46. The number of aliphatic carboxylic acids is 1. The molecule has 0 spiro atoms. The molecular weight excluding hydrogens is 216 g/mol. The Morgan fingerprint density at radius 3 is 2.29 bits per heavy atom. The zero-order valence-corrected chi connectivity index (χ0v) is 12.1. The van der Waals surface area contributed by atoms with Gasteiger partial charge in [0.1, 0.15) is 5.54 Å². The van der Waals surface area contributed by atoms with Crippen LogP contribution in [0.15, 0.2) is 0 Å². The third kappa shape index (κ3) is 5.04. The highest BCUT2D eigenvalue weighted by Crippen LogP contribution is 2.13. The molecule has 2 unspecified atom stereocenters. The number of nitrogens with one attached hydrogen (secondary N) is 1. The maximum absolute atomic E-state index is 11.4. The summed E-state index contributed by atoms with van der Waals surface area (Å²) in [6, 6.07) is 0.372. The van der Waals surface area contributed by atoms with E-state index in [1.165, 1.54) is 0 Å². The first kappa shape index (κ1) is 16.4. The summed E-state index contributed by atoms with van der Waals surface area (Å²) in [5.74, 6) is -0.266. The van der Waals surface area contributed by atoms with Crippen molar-refractivity contribution in [1.82, 2.24) is 10.2 Å². The Balaban J connectivity index is 4.59. The zero-order valence-electron chi connectivity index (χ0n) is 12.1. The summed E-state index contributed by atoms with van der Waals surface area (Å²) >= 11 is 0. The van der Waals surface area contributed by atoms with Gasteiger partial charge in [-0.2, -0.15) is 0 Å². The SMILES string of the molecule is CCCNC(C)(CN(C)C(C)C(C)C)C(=O)O. The number of carboxylic acids is 1. The second kappa shape index (κ2) is 6.97. The minimum atomic E-state index is -0.867. The van der Waals surface area contributed by atoms with Crippen LogP contribution in [0.5, 0.6) is 0 Å². The highest BCUT2D eigenvalue weighted by atomic mass is 16.4. The fourth-order valence-electron chi connectivity index (χ4n) is 1.75. The van der Waals surface area contributed by atoms with Gasteiger partial charge in [0.25, 0.3) is 0 Å². The summed E-state index contributed by atoms with van der Waals surface area (Å²) in [5.41, 5.74) is -0.867. The van der Waals surface area contributed by atoms with Crippen molar-refractivity contribution in [2.24, 2.45) is 5.92 Å². The van der Waals surface area contributed by atoms with Crippen LogP contribution in [-0.2, 0) is 4.79 Å². The summed E-state index contributed by atoms with van der Waals surface area (Å²) < 4.78 is 0. The molecule has 0 saturated carbocycles. The minimum absolute atomic E-state index is 0.372. The Bertz CT molecular complexity index is 244. The summed E-state index contributed by atoms with van der Waals surface area (Å²) in [4.78, 5) is 13.5. The number of carbonyl (C=O) groups is 1. The lowest BCUT2D eigenvalue weighted by molar-refractivity contribution is -0.145. The van der Waals surface area contributed by atoms with Gasteiger partial charge in [0, 0.05) is 12.6 Å². The van der Waals surface area contributed by atoms with Gasteiger partial charge in [-0.3, -0.25) is 4.79 Å². The fourth-order valence-corrected chi connectivity index (χ4v) is 1.75. The number of nitrogens with zero attached hydrogens (tertiary/aromatic N) is 1. The molecule has 102 valence electrons. The second-order valence-corrected chi connectivity index (χ2v) is 5.46. The topological polar surface area (TPSA) is 52.6 Å². The van der Waals surface area contributed by atoms with Crippen LogP contribution in [0.1, 0.15) is 41.0 Å². The van der Waals surface area contributed by atoms with E-state index < -0.39 is 11.5 Å². The molecule has 0 radical (unpaired) electrons. The number of rotatable bonds is 8. The fraction of sp³-hybridized carbons (Fsp3) is 0.923. The van der Waals surface area contributed by atoms with Crippen molar-refractivity contribution in [3.8, 4) is 0 Å². The van der Waals surface area contributed by atoms with Crippen molar-refractivity contribution in [2.75, 3.05) is 20.1 Å². The Labute approximate surface area is 105 Å². The summed E-state index contributed by atoms with van der Waals surface area (Å²) in [7, 11) is 1.99. The molecule has 17 heavy (non-hydrogen) atoms. The van der Waals surface area contributed by atoms with Gasteiger partial charge >= 0.3 is 5.97 Å². The van der Waals surface area contributed by atoms with Crippen molar-refractivity contribution in [2.45, 2.75) is 52.6 Å². The Morgan fingerprint density at radius 1 is 1.41 bits per heavy atom. The standard InChI is InChI=1S/C13H28N2O2/c1-7-8-14-13(5,12(16)17)9-15(6)11(4)10(2)3/h10-11,14H,7-9H2,1-6H3,(H,16,17). The van der Waals surface area contributed by atoms with Crippen LogP contribution >= 0.6 is 0 Å². The first-order valence-electron chi connectivity index (χ1n) is 6.43. The molecular formula is C13H28N2O2. The normalized spacial score (nSPS) is 17.2. The van der Waals surface area contributed by atoms with Gasteiger partial charge in [0.2, 0.25) is 0 Å². The Kier molecular flexibility index (Phi) is 6.72. The highest BCUT2D eigenvalue weighted by Gasteiger charge is 2.34. The first-order valence-corrected chi connectivity index (χ1v) is 6.43. The second-order valence-electron chi connectivity index (χ2n) is 5.46. The van der Waals surface area contributed by atoms with Crippen LogP contribution in [0.25, 0.3) is 0 Å². The van der Waals surface area contributed by atoms with Crippen LogP contribution < -0.4 is 5.32 Å². The highest BCUT2D eigenvalue weighted by molar-refractivity contribution is 5.78. The van der Waals surface area contributed by atoms with Crippen molar-refractivity contribution < 1.29 is 9.90 Å². The van der Waals surface area contributed by atoms with E-state index in [0.717, 1.165) is 13.0 Å². The molecule has 0 heterocycles. The van der Waals surface area contributed by atoms with Crippen molar-refractivity contribution in [1.29, 1.82) is 0 Å². The Morgan fingerprint density at radius 2 is 1.94 bits per heavy atom. The van der Waals surface area contributed by atoms with Gasteiger partial charge in [-0.05, 0) is 39.8 Å². The molecule has 4 heteroatoms.